The van der Waals surface area contributed by atoms with Gasteiger partial charge in [-0.1, -0.05) is 12.1 Å². The van der Waals surface area contributed by atoms with Crippen molar-refractivity contribution in [2.75, 3.05) is 11.9 Å². The zero-order chi connectivity index (χ0) is 21.1. The third kappa shape index (κ3) is 3.85. The van der Waals surface area contributed by atoms with E-state index in [2.05, 4.69) is 26.2 Å². The fraction of sp³-hybridized carbons (Fsp3) is 0.381. The van der Waals surface area contributed by atoms with Gasteiger partial charge in [-0.2, -0.15) is 0 Å². The average molecular weight is 425 g/mol. The van der Waals surface area contributed by atoms with Crippen LogP contribution in [0.25, 0.3) is 11.4 Å². The van der Waals surface area contributed by atoms with E-state index in [-0.39, 0.29) is 11.8 Å². The smallest absolute Gasteiger partial charge is 0.256 e. The van der Waals surface area contributed by atoms with Crippen LogP contribution in [0.5, 0.6) is 0 Å². The molecule has 0 saturated carbocycles. The van der Waals surface area contributed by atoms with Crippen LogP contribution in [0.15, 0.2) is 24.3 Å². The molecule has 1 aromatic carbocycles. The lowest BCUT2D eigenvalue weighted by Gasteiger charge is -2.13. The normalized spacial score (nSPS) is 13.0. The van der Waals surface area contributed by atoms with Crippen molar-refractivity contribution in [1.29, 1.82) is 0 Å². The second kappa shape index (κ2) is 8.74. The molecule has 2 aromatic heterocycles. The van der Waals surface area contributed by atoms with Crippen molar-refractivity contribution in [2.24, 2.45) is 0 Å². The SMILES string of the molecule is CCNC(=O)c1c(NC(=O)c2cccc(-c3nnnn3CC)c2)sc2c1CCCC2. The molecule has 0 saturated heterocycles. The minimum Gasteiger partial charge on any atom is -0.352 e. The third-order valence-electron chi connectivity index (χ3n) is 5.18. The highest BCUT2D eigenvalue weighted by atomic mass is 32.1. The topological polar surface area (TPSA) is 102 Å². The van der Waals surface area contributed by atoms with Gasteiger partial charge in [0.25, 0.3) is 11.8 Å². The predicted molar refractivity (Wildman–Crippen MR) is 116 cm³/mol. The number of carbonyl (C=O) groups is 2. The molecular weight excluding hydrogens is 400 g/mol. The zero-order valence-corrected chi connectivity index (χ0v) is 17.9. The lowest BCUT2D eigenvalue weighted by Crippen LogP contribution is -2.25. The standard InChI is InChI=1S/C21H24N6O2S/c1-3-22-20(29)17-15-10-5-6-11-16(15)30-21(17)23-19(28)14-9-7-8-13(12-14)18-24-25-26-27(18)4-2/h7-9,12H,3-6,10-11H2,1-2H3,(H,22,29)(H,23,28). The Balaban J connectivity index is 1.64. The molecule has 30 heavy (non-hydrogen) atoms. The first-order chi connectivity index (χ1) is 14.6. The number of hydrogen-bond donors (Lipinski definition) is 2. The maximum atomic E-state index is 13.0. The van der Waals surface area contributed by atoms with E-state index in [0.29, 0.717) is 35.0 Å². The predicted octanol–water partition coefficient (Wildman–Crippen LogP) is 3.30. The lowest BCUT2D eigenvalue weighted by molar-refractivity contribution is 0.0956. The van der Waals surface area contributed by atoms with Gasteiger partial charge in [-0.15, -0.1) is 16.4 Å². The summed E-state index contributed by atoms with van der Waals surface area (Å²) in [7, 11) is 0. The number of fused-ring (bicyclic) bond motifs is 1. The number of benzene rings is 1. The molecule has 2 amide bonds. The summed E-state index contributed by atoms with van der Waals surface area (Å²) in [6, 6.07) is 7.20. The van der Waals surface area contributed by atoms with Gasteiger partial charge in [0.1, 0.15) is 5.00 Å². The number of anilines is 1. The van der Waals surface area contributed by atoms with E-state index >= 15 is 0 Å². The first-order valence-electron chi connectivity index (χ1n) is 10.2. The van der Waals surface area contributed by atoms with E-state index < -0.39 is 0 Å². The van der Waals surface area contributed by atoms with E-state index in [0.717, 1.165) is 36.8 Å². The summed E-state index contributed by atoms with van der Waals surface area (Å²) in [6.07, 6.45) is 4.02. The molecule has 4 rings (SSSR count). The first-order valence-corrected chi connectivity index (χ1v) is 11.0. The second-order valence-corrected chi connectivity index (χ2v) is 8.23. The Hall–Kier alpha value is -3.07. The van der Waals surface area contributed by atoms with Crippen LogP contribution in [-0.4, -0.2) is 38.6 Å². The van der Waals surface area contributed by atoms with Crippen LogP contribution in [0.2, 0.25) is 0 Å². The van der Waals surface area contributed by atoms with Gasteiger partial charge in [-0.25, -0.2) is 4.68 Å². The summed E-state index contributed by atoms with van der Waals surface area (Å²) >= 11 is 1.52. The minimum atomic E-state index is -0.253. The van der Waals surface area contributed by atoms with Crippen molar-refractivity contribution in [1.82, 2.24) is 25.5 Å². The van der Waals surface area contributed by atoms with Gasteiger partial charge >= 0.3 is 0 Å². The average Bonchev–Trinajstić information content (AvgIpc) is 3.38. The fourth-order valence-electron chi connectivity index (χ4n) is 3.74. The van der Waals surface area contributed by atoms with E-state index in [1.807, 2.05) is 26.0 Å². The van der Waals surface area contributed by atoms with Crippen LogP contribution in [0.4, 0.5) is 5.00 Å². The molecule has 2 N–H and O–H groups in total. The van der Waals surface area contributed by atoms with Gasteiger partial charge in [0.05, 0.1) is 5.56 Å². The van der Waals surface area contributed by atoms with Crippen LogP contribution in [0.1, 0.15) is 57.8 Å². The number of tetrazole rings is 1. The number of carbonyl (C=O) groups excluding carboxylic acids is 2. The molecule has 9 heteroatoms. The Morgan fingerprint density at radius 3 is 2.80 bits per heavy atom. The molecular formula is C21H24N6O2S. The minimum absolute atomic E-state index is 0.122. The molecule has 0 atom stereocenters. The van der Waals surface area contributed by atoms with Gasteiger partial charge < -0.3 is 10.6 Å². The number of rotatable bonds is 6. The number of thiophene rings is 1. The molecule has 8 nitrogen and oxygen atoms in total. The van der Waals surface area contributed by atoms with Crippen molar-refractivity contribution in [3.05, 3.63) is 45.8 Å². The number of nitrogens with one attached hydrogen (secondary N) is 2. The number of nitrogens with zero attached hydrogens (tertiary/aromatic N) is 4. The molecule has 3 aromatic rings. The maximum Gasteiger partial charge on any atom is 0.256 e. The van der Waals surface area contributed by atoms with Gasteiger partial charge in [-0.3, -0.25) is 9.59 Å². The molecule has 1 aliphatic carbocycles. The number of aryl methyl sites for hydroxylation is 2. The Bertz CT molecular complexity index is 1090. The van der Waals surface area contributed by atoms with Crippen LogP contribution >= 0.6 is 11.3 Å². The molecule has 0 fully saturated rings. The van der Waals surface area contributed by atoms with E-state index in [1.165, 1.54) is 16.2 Å². The van der Waals surface area contributed by atoms with E-state index in [4.69, 9.17) is 0 Å². The molecule has 0 bridgehead atoms. The van der Waals surface area contributed by atoms with Crippen molar-refractivity contribution < 1.29 is 9.59 Å². The summed E-state index contributed by atoms with van der Waals surface area (Å²) < 4.78 is 1.68. The number of aromatic nitrogens is 4. The summed E-state index contributed by atoms with van der Waals surface area (Å²) in [5.41, 5.74) is 2.97. The lowest BCUT2D eigenvalue weighted by atomic mass is 9.95. The zero-order valence-electron chi connectivity index (χ0n) is 17.1. The van der Waals surface area contributed by atoms with Gasteiger partial charge in [-0.05, 0) is 67.7 Å². The third-order valence-corrected chi connectivity index (χ3v) is 6.38. The summed E-state index contributed by atoms with van der Waals surface area (Å²) in [5.74, 6) is 0.237. The van der Waals surface area contributed by atoms with E-state index in [9.17, 15) is 9.59 Å². The van der Waals surface area contributed by atoms with Crippen molar-refractivity contribution in [3.63, 3.8) is 0 Å². The Labute approximate surface area is 178 Å². The van der Waals surface area contributed by atoms with E-state index in [1.54, 1.807) is 16.8 Å². The largest absolute Gasteiger partial charge is 0.352 e. The maximum absolute atomic E-state index is 13.0. The number of amides is 2. The molecule has 2 heterocycles. The number of hydrogen-bond acceptors (Lipinski definition) is 6. The Kier molecular flexibility index (Phi) is 5.89. The van der Waals surface area contributed by atoms with Crippen LogP contribution < -0.4 is 10.6 Å². The monoisotopic (exact) mass is 424 g/mol. The summed E-state index contributed by atoms with van der Waals surface area (Å²) in [4.78, 5) is 27.0. The van der Waals surface area contributed by atoms with Gasteiger partial charge in [0.2, 0.25) is 0 Å². The van der Waals surface area contributed by atoms with Gasteiger partial charge in [0, 0.05) is 29.1 Å². The molecule has 0 aliphatic heterocycles. The molecule has 0 unspecified atom stereocenters. The Morgan fingerprint density at radius 2 is 2.00 bits per heavy atom. The molecule has 1 aliphatic rings. The fourth-order valence-corrected chi connectivity index (χ4v) is 5.02. The van der Waals surface area contributed by atoms with Crippen molar-refractivity contribution in [2.45, 2.75) is 46.1 Å². The highest BCUT2D eigenvalue weighted by Crippen LogP contribution is 2.38. The molecule has 0 spiro atoms. The summed E-state index contributed by atoms with van der Waals surface area (Å²) in [6.45, 7) is 5.03. The highest BCUT2D eigenvalue weighted by Gasteiger charge is 2.26. The van der Waals surface area contributed by atoms with Crippen molar-refractivity contribution >= 4 is 28.2 Å². The Morgan fingerprint density at radius 1 is 1.17 bits per heavy atom. The quantitative estimate of drug-likeness (QED) is 0.632. The molecule has 0 radical (unpaired) electrons. The van der Waals surface area contributed by atoms with Crippen LogP contribution in [0.3, 0.4) is 0 Å². The first kappa shape index (κ1) is 20.2. The van der Waals surface area contributed by atoms with Gasteiger partial charge in [0.15, 0.2) is 5.82 Å². The van der Waals surface area contributed by atoms with Crippen LogP contribution in [0, 0.1) is 0 Å². The molecule has 156 valence electrons. The highest BCUT2D eigenvalue weighted by molar-refractivity contribution is 7.17. The summed E-state index contributed by atoms with van der Waals surface area (Å²) in [5, 5.41) is 18.2. The van der Waals surface area contributed by atoms with Crippen LogP contribution in [-0.2, 0) is 19.4 Å². The second-order valence-electron chi connectivity index (χ2n) is 7.13. The van der Waals surface area contributed by atoms with Crippen molar-refractivity contribution in [3.8, 4) is 11.4 Å².